The average molecular weight is 122 g/mol. The zero-order chi connectivity index (χ0) is 6.12. The van der Waals surface area contributed by atoms with E-state index in [-0.39, 0.29) is 0 Å². The smallest absolute Gasteiger partial charge is 0.310 e. The number of hydrogen-bond acceptors (Lipinski definition) is 2. The van der Waals surface area contributed by atoms with Gasteiger partial charge in [0.2, 0.25) is 0 Å². The van der Waals surface area contributed by atoms with Gasteiger partial charge in [-0.3, -0.25) is 0 Å². The van der Waals surface area contributed by atoms with Crippen LogP contribution in [0.1, 0.15) is 13.8 Å². The summed E-state index contributed by atoms with van der Waals surface area (Å²) < 4.78 is 8.17. The number of nitrogens with one attached hydrogen (secondary N) is 1. The molecule has 0 saturated carbocycles. The quantitative estimate of drug-likeness (QED) is 0.549. The van der Waals surface area contributed by atoms with E-state index in [1.807, 2.05) is 0 Å². The van der Waals surface area contributed by atoms with Gasteiger partial charge in [0, 0.05) is 0 Å². The van der Waals surface area contributed by atoms with E-state index in [1.54, 1.807) is 0 Å². The van der Waals surface area contributed by atoms with Crippen molar-refractivity contribution >= 4 is 9.12 Å². The van der Waals surface area contributed by atoms with Crippen molar-refractivity contribution in [2.75, 3.05) is 13.1 Å². The van der Waals surface area contributed by atoms with E-state index in [4.69, 9.17) is 4.57 Å². The van der Waals surface area contributed by atoms with Gasteiger partial charge >= 0.3 is 9.12 Å². The first-order valence-electron chi connectivity index (χ1n) is 2.36. The van der Waals surface area contributed by atoms with Gasteiger partial charge in [0.25, 0.3) is 0 Å². The number of hydrogen-bond donors (Lipinski definition) is 1. The molecule has 0 fully saturated rings. The second-order valence-corrected chi connectivity index (χ2v) is 0.957. The molecule has 2 nitrogen and oxygen atoms in total. The van der Waals surface area contributed by atoms with Crippen LogP contribution in [0.15, 0.2) is 0 Å². The maximum absolute atomic E-state index is 8.17. The fourth-order valence-electron chi connectivity index (χ4n) is 0.250. The molecule has 44 valence electrons. The Bertz CT molecular complexity index is 25.7. The van der Waals surface area contributed by atoms with Crippen LogP contribution < -0.4 is 5.32 Å². The van der Waals surface area contributed by atoms with Crippen LogP contribution in [0.4, 0.5) is 0 Å². The van der Waals surface area contributed by atoms with Crippen molar-refractivity contribution in [3.05, 3.63) is 0 Å². The predicted octanol–water partition coefficient (Wildman–Crippen LogP) is 0.823. The zero-order valence-electron chi connectivity index (χ0n) is 4.90. The first kappa shape index (κ1) is 10.1. The van der Waals surface area contributed by atoms with E-state index < -0.39 is 0 Å². The standard InChI is InChI=1S/C4H11N.H2OP/c1-3-5-4-2;1-2/h5H,3-4H2,1-2H3;2H2/q;+1. The lowest BCUT2D eigenvalue weighted by molar-refractivity contribution is 0.607. The summed E-state index contributed by atoms with van der Waals surface area (Å²) in [7, 11) is 1.17. The molecule has 7 heavy (non-hydrogen) atoms. The molecule has 0 aliphatic carbocycles. The SMILES string of the molecule is CCNCC.O=[PH2+]. The van der Waals surface area contributed by atoms with Crippen LogP contribution in [0.3, 0.4) is 0 Å². The van der Waals surface area contributed by atoms with Crippen LogP contribution in [0.2, 0.25) is 0 Å². The van der Waals surface area contributed by atoms with Crippen molar-refractivity contribution in [2.45, 2.75) is 13.8 Å². The van der Waals surface area contributed by atoms with E-state index in [1.165, 1.54) is 9.12 Å². The molecule has 0 radical (unpaired) electrons. The Labute approximate surface area is 46.9 Å². The summed E-state index contributed by atoms with van der Waals surface area (Å²) in [5.41, 5.74) is 0. The van der Waals surface area contributed by atoms with Crippen molar-refractivity contribution < 1.29 is 4.57 Å². The van der Waals surface area contributed by atoms with Crippen LogP contribution >= 0.6 is 9.12 Å². The molecule has 0 heterocycles. The highest BCUT2D eigenvalue weighted by Crippen LogP contribution is 1.47. The zero-order valence-corrected chi connectivity index (χ0v) is 6.05. The first-order valence-corrected chi connectivity index (χ1v) is 2.83. The van der Waals surface area contributed by atoms with Crippen LogP contribution in [-0.4, -0.2) is 13.1 Å². The highest BCUT2D eigenvalue weighted by atomic mass is 31.0. The lowest BCUT2D eigenvalue weighted by atomic mass is 10.7. The van der Waals surface area contributed by atoms with E-state index in [0.717, 1.165) is 13.1 Å². The highest BCUT2D eigenvalue weighted by Gasteiger charge is 1.62. The molecule has 0 aromatic carbocycles. The molecular formula is C4H13NOP+. The van der Waals surface area contributed by atoms with Gasteiger partial charge in [-0.15, -0.1) is 0 Å². The minimum absolute atomic E-state index is 1.09. The molecule has 0 aromatic heterocycles. The monoisotopic (exact) mass is 122 g/mol. The summed E-state index contributed by atoms with van der Waals surface area (Å²) in [5.74, 6) is 0. The minimum atomic E-state index is 1.09. The topological polar surface area (TPSA) is 29.1 Å². The summed E-state index contributed by atoms with van der Waals surface area (Å²) >= 11 is 0. The maximum atomic E-state index is 8.17. The Morgan fingerprint density at radius 1 is 1.29 bits per heavy atom. The highest BCUT2D eigenvalue weighted by molar-refractivity contribution is 7.00. The average Bonchev–Trinajstić information content (AvgIpc) is 1.75. The van der Waals surface area contributed by atoms with E-state index in [9.17, 15) is 0 Å². The van der Waals surface area contributed by atoms with E-state index in [0.29, 0.717) is 0 Å². The Morgan fingerprint density at radius 3 is 1.57 bits per heavy atom. The van der Waals surface area contributed by atoms with Gasteiger partial charge in [-0.1, -0.05) is 18.4 Å². The largest absolute Gasteiger partial charge is 0.317 e. The summed E-state index contributed by atoms with van der Waals surface area (Å²) in [5, 5.41) is 3.11. The fourth-order valence-corrected chi connectivity index (χ4v) is 0.250. The summed E-state index contributed by atoms with van der Waals surface area (Å²) in [6.45, 7) is 6.39. The molecule has 1 N–H and O–H groups in total. The number of rotatable bonds is 2. The van der Waals surface area contributed by atoms with Crippen LogP contribution in [0.5, 0.6) is 0 Å². The van der Waals surface area contributed by atoms with Crippen LogP contribution in [0, 0.1) is 0 Å². The molecule has 1 atom stereocenters. The van der Waals surface area contributed by atoms with Gasteiger partial charge in [0.1, 0.15) is 0 Å². The van der Waals surface area contributed by atoms with Gasteiger partial charge < -0.3 is 5.32 Å². The molecule has 1 unspecified atom stereocenters. The molecule has 0 bridgehead atoms. The molecule has 0 rings (SSSR count). The Morgan fingerprint density at radius 2 is 1.57 bits per heavy atom. The van der Waals surface area contributed by atoms with E-state index in [2.05, 4.69) is 19.2 Å². The summed E-state index contributed by atoms with van der Waals surface area (Å²) in [6.07, 6.45) is 0. The third kappa shape index (κ3) is 23.5. The lowest BCUT2D eigenvalue weighted by Crippen LogP contribution is -2.09. The van der Waals surface area contributed by atoms with Crippen molar-refractivity contribution in [3.63, 3.8) is 0 Å². The molecule has 0 aliphatic rings. The second kappa shape index (κ2) is 16.6. The normalized spacial score (nSPS) is 6.57. The van der Waals surface area contributed by atoms with Gasteiger partial charge in [-0.25, -0.2) is 0 Å². The van der Waals surface area contributed by atoms with Crippen LogP contribution in [-0.2, 0) is 4.57 Å². The van der Waals surface area contributed by atoms with Crippen LogP contribution in [0.25, 0.3) is 0 Å². The minimum Gasteiger partial charge on any atom is -0.317 e. The Balaban J connectivity index is 0. The predicted molar refractivity (Wildman–Crippen MR) is 34.6 cm³/mol. The van der Waals surface area contributed by atoms with Gasteiger partial charge in [-0.2, -0.15) is 0 Å². The summed E-state index contributed by atoms with van der Waals surface area (Å²) in [4.78, 5) is 0. The Hall–Kier alpha value is 0.0600. The molecule has 0 spiro atoms. The molecule has 3 heteroatoms. The van der Waals surface area contributed by atoms with Crippen molar-refractivity contribution in [1.29, 1.82) is 0 Å². The second-order valence-electron chi connectivity index (χ2n) is 0.957. The third-order valence-electron chi connectivity index (χ3n) is 0.500. The molecule has 0 aliphatic heterocycles. The maximum Gasteiger partial charge on any atom is 0.310 e. The van der Waals surface area contributed by atoms with Crippen molar-refractivity contribution in [1.82, 2.24) is 5.32 Å². The Kier molecular flexibility index (Phi) is 24.0. The molecule has 0 amide bonds. The van der Waals surface area contributed by atoms with Gasteiger partial charge in [0.15, 0.2) is 0 Å². The van der Waals surface area contributed by atoms with Crippen molar-refractivity contribution in [3.8, 4) is 0 Å². The van der Waals surface area contributed by atoms with Gasteiger partial charge in [0.05, 0.1) is 0 Å². The fraction of sp³-hybridized carbons (Fsp3) is 1.00. The third-order valence-corrected chi connectivity index (χ3v) is 0.500. The molecular weight excluding hydrogens is 109 g/mol. The summed E-state index contributed by atoms with van der Waals surface area (Å²) in [6, 6.07) is 0. The first-order chi connectivity index (χ1) is 3.41. The molecule has 0 saturated heterocycles. The van der Waals surface area contributed by atoms with E-state index >= 15 is 0 Å². The molecule has 0 aromatic rings. The lowest BCUT2D eigenvalue weighted by Gasteiger charge is -1.86. The van der Waals surface area contributed by atoms with Crippen molar-refractivity contribution in [2.24, 2.45) is 0 Å². The van der Waals surface area contributed by atoms with Gasteiger partial charge in [-0.05, 0) is 13.1 Å².